The molecule has 0 N–H and O–H groups in total. The molecule has 0 saturated carbocycles. The molecule has 4 rings (SSSR count). The fourth-order valence-corrected chi connectivity index (χ4v) is 4.47. The van der Waals surface area contributed by atoms with Crippen LogP contribution in [0.3, 0.4) is 0 Å². The van der Waals surface area contributed by atoms with Crippen LogP contribution in [0.5, 0.6) is 11.5 Å². The number of carbonyl (C=O) groups excluding carboxylic acids is 1. The van der Waals surface area contributed by atoms with E-state index in [1.165, 1.54) is 30.5 Å². The maximum Gasteiger partial charge on any atom is 0.266 e. The van der Waals surface area contributed by atoms with E-state index in [0.29, 0.717) is 43.8 Å². The molecule has 1 heterocycles. The van der Waals surface area contributed by atoms with Gasteiger partial charge in [-0.15, -0.1) is 0 Å². The van der Waals surface area contributed by atoms with Gasteiger partial charge in [0.15, 0.2) is 10.9 Å². The van der Waals surface area contributed by atoms with Gasteiger partial charge in [0.25, 0.3) is 5.56 Å². The normalized spacial score (nSPS) is 10.9. The summed E-state index contributed by atoms with van der Waals surface area (Å²) in [6.45, 7) is 1.89. The number of halogens is 1. The van der Waals surface area contributed by atoms with Crippen LogP contribution in [-0.4, -0.2) is 35.3 Å². The van der Waals surface area contributed by atoms with Crippen LogP contribution < -0.4 is 15.0 Å². The number of aromatic nitrogens is 2. The van der Waals surface area contributed by atoms with E-state index in [9.17, 15) is 9.59 Å². The number of benzene rings is 3. The minimum Gasteiger partial charge on any atom is -0.497 e. The fraction of sp³-hybridized carbons (Fsp3) is 0.160. The Morgan fingerprint density at radius 2 is 1.85 bits per heavy atom. The van der Waals surface area contributed by atoms with Crippen molar-refractivity contribution in [3.63, 3.8) is 0 Å². The molecule has 8 heteroatoms. The molecule has 3 aromatic carbocycles. The molecular formula is C25H21ClN2O4S. The first-order chi connectivity index (χ1) is 15.9. The standard InChI is InChI=1S/C25H21ClN2O4S/c1-15-8-9-16(12-20(15)26)28-24(30)18-6-4-5-7-21(18)27-25(28)33-14-22(29)19-13-17(31-2)10-11-23(19)32-3/h4-13H,14H2,1-3H3. The summed E-state index contributed by atoms with van der Waals surface area (Å²) in [6.07, 6.45) is 0. The minimum absolute atomic E-state index is 0.0495. The number of methoxy groups -OCH3 is 2. The third kappa shape index (κ3) is 4.60. The van der Waals surface area contributed by atoms with Gasteiger partial charge in [-0.05, 0) is 55.0 Å². The molecule has 1 aromatic heterocycles. The van der Waals surface area contributed by atoms with Crippen molar-refractivity contribution in [3.05, 3.63) is 87.2 Å². The van der Waals surface area contributed by atoms with Crippen LogP contribution in [0.1, 0.15) is 15.9 Å². The summed E-state index contributed by atoms with van der Waals surface area (Å²) in [5, 5.41) is 1.42. The predicted octanol–water partition coefficient (Wildman–Crippen LogP) is 5.34. The molecule has 0 saturated heterocycles. The number of ketones is 1. The van der Waals surface area contributed by atoms with Crippen molar-refractivity contribution in [1.82, 2.24) is 9.55 Å². The molecular weight excluding hydrogens is 460 g/mol. The van der Waals surface area contributed by atoms with Crippen molar-refractivity contribution in [2.45, 2.75) is 12.1 Å². The van der Waals surface area contributed by atoms with Gasteiger partial charge in [-0.3, -0.25) is 14.2 Å². The second-order valence-electron chi connectivity index (χ2n) is 7.26. The number of hydrogen-bond donors (Lipinski definition) is 0. The molecule has 0 spiro atoms. The third-order valence-electron chi connectivity index (χ3n) is 5.20. The molecule has 0 fully saturated rings. The van der Waals surface area contributed by atoms with Crippen molar-refractivity contribution < 1.29 is 14.3 Å². The van der Waals surface area contributed by atoms with Crippen molar-refractivity contribution in [3.8, 4) is 17.2 Å². The van der Waals surface area contributed by atoms with Crippen molar-refractivity contribution in [2.24, 2.45) is 0 Å². The minimum atomic E-state index is -0.227. The van der Waals surface area contributed by atoms with Crippen LogP contribution in [0, 0.1) is 6.92 Å². The van der Waals surface area contributed by atoms with Crippen LogP contribution in [0.4, 0.5) is 0 Å². The molecule has 0 aliphatic heterocycles. The zero-order chi connectivity index (χ0) is 23.5. The number of nitrogens with zero attached hydrogens (tertiary/aromatic N) is 2. The summed E-state index contributed by atoms with van der Waals surface area (Å²) in [5.41, 5.74) is 2.22. The molecule has 0 atom stereocenters. The van der Waals surface area contributed by atoms with Crippen LogP contribution in [0.15, 0.2) is 70.6 Å². The van der Waals surface area contributed by atoms with E-state index >= 15 is 0 Å². The molecule has 0 bridgehead atoms. The van der Waals surface area contributed by atoms with Crippen molar-refractivity contribution in [1.29, 1.82) is 0 Å². The number of Topliss-reactive ketones (excluding diaryl/α,β-unsaturated/α-hetero) is 1. The van der Waals surface area contributed by atoms with E-state index in [-0.39, 0.29) is 17.1 Å². The first kappa shape index (κ1) is 22.9. The Labute approximate surface area is 200 Å². The van der Waals surface area contributed by atoms with Crippen LogP contribution in [-0.2, 0) is 0 Å². The van der Waals surface area contributed by atoms with E-state index in [1.807, 2.05) is 25.1 Å². The van der Waals surface area contributed by atoms with Gasteiger partial charge in [0.1, 0.15) is 11.5 Å². The first-order valence-electron chi connectivity index (χ1n) is 10.1. The van der Waals surface area contributed by atoms with Gasteiger partial charge in [0.05, 0.1) is 42.1 Å². The lowest BCUT2D eigenvalue weighted by atomic mass is 10.1. The molecule has 4 aromatic rings. The first-order valence-corrected chi connectivity index (χ1v) is 11.5. The van der Waals surface area contributed by atoms with Crippen LogP contribution >= 0.6 is 23.4 Å². The number of para-hydroxylation sites is 1. The summed E-state index contributed by atoms with van der Waals surface area (Å²) in [6, 6.07) is 17.6. The second kappa shape index (κ2) is 9.68. The summed E-state index contributed by atoms with van der Waals surface area (Å²) in [7, 11) is 3.05. The van der Waals surface area contributed by atoms with Gasteiger partial charge < -0.3 is 9.47 Å². The van der Waals surface area contributed by atoms with E-state index in [2.05, 4.69) is 4.98 Å². The largest absolute Gasteiger partial charge is 0.497 e. The Bertz CT molecular complexity index is 1420. The van der Waals surface area contributed by atoms with Gasteiger partial charge >= 0.3 is 0 Å². The highest BCUT2D eigenvalue weighted by Crippen LogP contribution is 2.28. The summed E-state index contributed by atoms with van der Waals surface area (Å²) in [5.74, 6) is 0.884. The van der Waals surface area contributed by atoms with Gasteiger partial charge in [0, 0.05) is 5.02 Å². The van der Waals surface area contributed by atoms with E-state index in [4.69, 9.17) is 21.1 Å². The molecule has 0 radical (unpaired) electrons. The van der Waals surface area contributed by atoms with E-state index in [0.717, 1.165) is 5.56 Å². The van der Waals surface area contributed by atoms with Gasteiger partial charge in [-0.25, -0.2) is 4.98 Å². The number of thioether (sulfide) groups is 1. The topological polar surface area (TPSA) is 70.4 Å². The highest BCUT2D eigenvalue weighted by atomic mass is 35.5. The number of carbonyl (C=O) groups is 1. The lowest BCUT2D eigenvalue weighted by Crippen LogP contribution is -2.22. The molecule has 0 aliphatic carbocycles. The lowest BCUT2D eigenvalue weighted by molar-refractivity contribution is 0.101. The quantitative estimate of drug-likeness (QED) is 0.202. The Kier molecular flexibility index (Phi) is 6.72. The average molecular weight is 481 g/mol. The second-order valence-corrected chi connectivity index (χ2v) is 8.61. The number of ether oxygens (including phenoxy) is 2. The molecule has 6 nitrogen and oxygen atoms in total. The Balaban J connectivity index is 1.77. The molecule has 0 aliphatic rings. The zero-order valence-electron chi connectivity index (χ0n) is 18.3. The lowest BCUT2D eigenvalue weighted by Gasteiger charge is -2.14. The Morgan fingerprint density at radius 1 is 1.06 bits per heavy atom. The van der Waals surface area contributed by atoms with Crippen LogP contribution in [0.25, 0.3) is 16.6 Å². The van der Waals surface area contributed by atoms with Gasteiger partial charge in [-0.2, -0.15) is 0 Å². The summed E-state index contributed by atoms with van der Waals surface area (Å²) < 4.78 is 12.1. The zero-order valence-corrected chi connectivity index (χ0v) is 19.9. The molecule has 33 heavy (non-hydrogen) atoms. The predicted molar refractivity (Wildman–Crippen MR) is 132 cm³/mol. The monoisotopic (exact) mass is 480 g/mol. The maximum absolute atomic E-state index is 13.4. The Morgan fingerprint density at radius 3 is 2.58 bits per heavy atom. The average Bonchev–Trinajstić information content (AvgIpc) is 2.84. The fourth-order valence-electron chi connectivity index (χ4n) is 3.40. The number of aryl methyl sites for hydroxylation is 1. The van der Waals surface area contributed by atoms with Crippen LogP contribution in [0.2, 0.25) is 5.02 Å². The smallest absolute Gasteiger partial charge is 0.266 e. The van der Waals surface area contributed by atoms with E-state index < -0.39 is 0 Å². The molecule has 0 amide bonds. The number of hydrogen-bond acceptors (Lipinski definition) is 6. The SMILES string of the molecule is COc1ccc(OC)c(C(=O)CSc2nc3ccccc3c(=O)n2-c2ccc(C)c(Cl)c2)c1. The summed E-state index contributed by atoms with van der Waals surface area (Å²) >= 11 is 7.51. The number of fused-ring (bicyclic) bond motifs is 1. The summed E-state index contributed by atoms with van der Waals surface area (Å²) in [4.78, 5) is 31.1. The van der Waals surface area contributed by atoms with Crippen molar-refractivity contribution >= 4 is 40.0 Å². The third-order valence-corrected chi connectivity index (χ3v) is 6.54. The highest BCUT2D eigenvalue weighted by Gasteiger charge is 2.18. The molecule has 0 unspecified atom stereocenters. The molecule has 168 valence electrons. The highest BCUT2D eigenvalue weighted by molar-refractivity contribution is 7.99. The Hall–Kier alpha value is -3.29. The number of rotatable bonds is 7. The van der Waals surface area contributed by atoms with Gasteiger partial charge in [0.2, 0.25) is 0 Å². The maximum atomic E-state index is 13.4. The van der Waals surface area contributed by atoms with Gasteiger partial charge in [-0.1, -0.05) is 41.6 Å². The van der Waals surface area contributed by atoms with E-state index in [1.54, 1.807) is 42.5 Å². The van der Waals surface area contributed by atoms with Crippen molar-refractivity contribution in [2.75, 3.05) is 20.0 Å².